The smallest absolute Gasteiger partial charge is 0.161 e. The molecule has 0 saturated carbocycles. The second-order valence-corrected chi connectivity index (χ2v) is 3.69. The number of fused-ring (bicyclic) bond motifs is 2. The van der Waals surface area contributed by atoms with Gasteiger partial charge >= 0.3 is 0 Å². The monoisotopic (exact) mass is 179 g/mol. The Hall–Kier alpha value is -1.08. The molecule has 0 spiro atoms. The summed E-state index contributed by atoms with van der Waals surface area (Å²) < 4.78 is 0. The van der Waals surface area contributed by atoms with Gasteiger partial charge in [0, 0.05) is 19.0 Å². The molecular formula is C9H13N3O. The predicted molar refractivity (Wildman–Crippen MR) is 48.1 cm³/mol. The lowest BCUT2D eigenvalue weighted by atomic mass is 9.89. The Morgan fingerprint density at radius 1 is 1.62 bits per heavy atom. The maximum Gasteiger partial charge on any atom is 0.161 e. The summed E-state index contributed by atoms with van der Waals surface area (Å²) >= 11 is 0. The summed E-state index contributed by atoms with van der Waals surface area (Å²) in [6, 6.07) is 2.13. The number of rotatable bonds is 2. The van der Waals surface area contributed by atoms with Crippen molar-refractivity contribution in [3.05, 3.63) is 0 Å². The maximum absolute atomic E-state index is 8.87. The van der Waals surface area contributed by atoms with Crippen molar-refractivity contribution in [1.29, 1.82) is 5.26 Å². The molecule has 0 radical (unpaired) electrons. The Bertz CT molecular complexity index is 269. The minimum atomic E-state index is 0.318. The van der Waals surface area contributed by atoms with Crippen molar-refractivity contribution in [2.75, 3.05) is 26.7 Å². The molecule has 2 aliphatic rings. The molecule has 2 heterocycles. The molecule has 2 fully saturated rings. The van der Waals surface area contributed by atoms with Crippen LogP contribution in [0, 0.1) is 23.2 Å². The van der Waals surface area contributed by atoms with E-state index >= 15 is 0 Å². The quantitative estimate of drug-likeness (QED) is 0.457. The van der Waals surface area contributed by atoms with Gasteiger partial charge in [-0.2, -0.15) is 5.26 Å². The van der Waals surface area contributed by atoms with Crippen molar-refractivity contribution in [1.82, 2.24) is 4.90 Å². The second kappa shape index (κ2) is 3.35. The van der Waals surface area contributed by atoms with E-state index in [-0.39, 0.29) is 0 Å². The Labute approximate surface area is 77.8 Å². The molecule has 0 aromatic carbocycles. The van der Waals surface area contributed by atoms with Gasteiger partial charge in [0.25, 0.3) is 0 Å². The molecule has 0 amide bonds. The number of piperidine rings is 1. The van der Waals surface area contributed by atoms with E-state index < -0.39 is 0 Å². The van der Waals surface area contributed by atoms with Gasteiger partial charge in [-0.15, -0.1) is 0 Å². The second-order valence-electron chi connectivity index (χ2n) is 3.69. The summed E-state index contributed by atoms with van der Waals surface area (Å²) in [7, 11) is 1.49. The Kier molecular flexibility index (Phi) is 2.19. The lowest BCUT2D eigenvalue weighted by Crippen LogP contribution is -2.28. The zero-order chi connectivity index (χ0) is 9.26. The van der Waals surface area contributed by atoms with Gasteiger partial charge in [0.2, 0.25) is 0 Å². The third kappa shape index (κ3) is 1.40. The molecule has 0 aromatic rings. The molecule has 4 nitrogen and oxygen atoms in total. The highest BCUT2D eigenvalue weighted by Gasteiger charge is 2.40. The molecule has 2 aliphatic heterocycles. The van der Waals surface area contributed by atoms with Gasteiger partial charge in [0.15, 0.2) is 5.71 Å². The minimum Gasteiger partial charge on any atom is -0.398 e. The van der Waals surface area contributed by atoms with Gasteiger partial charge in [-0.25, -0.2) is 0 Å². The van der Waals surface area contributed by atoms with Crippen LogP contribution in [0.2, 0.25) is 0 Å². The van der Waals surface area contributed by atoms with Gasteiger partial charge < -0.3 is 9.74 Å². The Balaban J connectivity index is 2.09. The van der Waals surface area contributed by atoms with Crippen LogP contribution in [0.5, 0.6) is 0 Å². The number of nitriles is 1. The summed E-state index contributed by atoms with van der Waals surface area (Å²) in [5.74, 6) is 0.951. The van der Waals surface area contributed by atoms with E-state index in [2.05, 4.69) is 21.0 Å². The Morgan fingerprint density at radius 2 is 2.46 bits per heavy atom. The Morgan fingerprint density at radius 3 is 2.92 bits per heavy atom. The normalized spacial score (nSPS) is 37.5. The van der Waals surface area contributed by atoms with Crippen LogP contribution in [0.15, 0.2) is 5.16 Å². The van der Waals surface area contributed by atoms with Gasteiger partial charge in [-0.3, -0.25) is 0 Å². The summed E-state index contributed by atoms with van der Waals surface area (Å²) in [6.45, 7) is 3.31. The van der Waals surface area contributed by atoms with Gasteiger partial charge in [-0.05, 0) is 18.9 Å². The molecule has 4 heteroatoms. The van der Waals surface area contributed by atoms with Crippen molar-refractivity contribution in [2.24, 2.45) is 17.0 Å². The van der Waals surface area contributed by atoms with Crippen molar-refractivity contribution in [3.63, 3.8) is 0 Å². The summed E-state index contributed by atoms with van der Waals surface area (Å²) in [5, 5.41) is 12.6. The predicted octanol–water partition coefficient (Wildman–Crippen LogP) is 0.464. The first kappa shape index (κ1) is 8.52. The molecule has 2 bridgehead atoms. The van der Waals surface area contributed by atoms with E-state index in [9.17, 15) is 0 Å². The van der Waals surface area contributed by atoms with E-state index in [1.165, 1.54) is 20.1 Å². The van der Waals surface area contributed by atoms with Crippen LogP contribution in [0.3, 0.4) is 0 Å². The van der Waals surface area contributed by atoms with E-state index in [0.29, 0.717) is 17.5 Å². The first-order chi connectivity index (χ1) is 6.35. The SMILES string of the molecule is CO/N=C(\C#N)C1CN2CCC1C2. The largest absolute Gasteiger partial charge is 0.398 e. The molecule has 0 aromatic heterocycles. The fourth-order valence-electron chi connectivity index (χ4n) is 2.36. The van der Waals surface area contributed by atoms with Crippen LogP contribution >= 0.6 is 0 Å². The molecule has 3 atom stereocenters. The molecule has 2 saturated heterocycles. The van der Waals surface area contributed by atoms with Crippen molar-refractivity contribution >= 4 is 5.71 Å². The lowest BCUT2D eigenvalue weighted by molar-refractivity contribution is 0.209. The molecule has 3 unspecified atom stereocenters. The van der Waals surface area contributed by atoms with E-state index in [4.69, 9.17) is 5.26 Å². The first-order valence-corrected chi connectivity index (χ1v) is 4.58. The van der Waals surface area contributed by atoms with Gasteiger partial charge in [0.05, 0.1) is 0 Å². The van der Waals surface area contributed by atoms with Crippen molar-refractivity contribution < 1.29 is 4.84 Å². The fourth-order valence-corrected chi connectivity index (χ4v) is 2.36. The van der Waals surface area contributed by atoms with Crippen LogP contribution in [-0.4, -0.2) is 37.4 Å². The topological polar surface area (TPSA) is 48.6 Å². The average Bonchev–Trinajstić information content (AvgIpc) is 2.74. The number of nitrogens with zero attached hydrogens (tertiary/aromatic N) is 3. The van der Waals surface area contributed by atoms with Gasteiger partial charge in [-0.1, -0.05) is 5.16 Å². The third-order valence-corrected chi connectivity index (χ3v) is 2.99. The molecule has 13 heavy (non-hydrogen) atoms. The van der Waals surface area contributed by atoms with Crippen molar-refractivity contribution in [3.8, 4) is 6.07 Å². The van der Waals surface area contributed by atoms with Crippen LogP contribution in [0.1, 0.15) is 6.42 Å². The highest BCUT2D eigenvalue weighted by Crippen LogP contribution is 2.33. The zero-order valence-corrected chi connectivity index (χ0v) is 7.73. The van der Waals surface area contributed by atoms with E-state index in [1.54, 1.807) is 0 Å². The number of oxime groups is 1. The summed E-state index contributed by atoms with van der Waals surface area (Å²) in [4.78, 5) is 7.05. The molecule has 0 N–H and O–H groups in total. The van der Waals surface area contributed by atoms with Crippen LogP contribution in [0.25, 0.3) is 0 Å². The maximum atomic E-state index is 8.87. The third-order valence-electron chi connectivity index (χ3n) is 2.99. The molecular weight excluding hydrogens is 166 g/mol. The first-order valence-electron chi connectivity index (χ1n) is 4.58. The molecule has 0 aliphatic carbocycles. The molecule has 70 valence electrons. The minimum absolute atomic E-state index is 0.318. The van der Waals surface area contributed by atoms with E-state index in [0.717, 1.165) is 13.1 Å². The van der Waals surface area contributed by atoms with Crippen LogP contribution < -0.4 is 0 Å². The average molecular weight is 179 g/mol. The van der Waals surface area contributed by atoms with Gasteiger partial charge in [0.1, 0.15) is 13.2 Å². The lowest BCUT2D eigenvalue weighted by Gasteiger charge is -2.19. The standard InChI is InChI=1S/C9H13N3O/c1-13-11-9(4-10)8-6-12-3-2-7(8)5-12/h7-8H,2-3,5-6H2,1H3/b11-9+. The van der Waals surface area contributed by atoms with Crippen LogP contribution in [-0.2, 0) is 4.84 Å². The highest BCUT2D eigenvalue weighted by atomic mass is 16.6. The zero-order valence-electron chi connectivity index (χ0n) is 7.73. The van der Waals surface area contributed by atoms with E-state index in [1.807, 2.05) is 0 Å². The fraction of sp³-hybridized carbons (Fsp3) is 0.778. The van der Waals surface area contributed by atoms with Crippen LogP contribution in [0.4, 0.5) is 0 Å². The highest BCUT2D eigenvalue weighted by molar-refractivity contribution is 6.00. The summed E-state index contributed by atoms with van der Waals surface area (Å²) in [6.07, 6.45) is 1.20. The van der Waals surface area contributed by atoms with Crippen molar-refractivity contribution in [2.45, 2.75) is 6.42 Å². The number of hydrogen-bond donors (Lipinski definition) is 0. The summed E-state index contributed by atoms with van der Waals surface area (Å²) in [5.41, 5.74) is 0.565. The molecule has 2 rings (SSSR count). The number of hydrogen-bond acceptors (Lipinski definition) is 4.